The second-order valence-corrected chi connectivity index (χ2v) is 6.26. The van der Waals surface area contributed by atoms with Crippen LogP contribution in [0, 0.1) is 0 Å². The van der Waals surface area contributed by atoms with Gasteiger partial charge in [-0.25, -0.2) is 0 Å². The lowest BCUT2D eigenvalue weighted by Gasteiger charge is -2.20. The van der Waals surface area contributed by atoms with Crippen molar-refractivity contribution in [1.29, 1.82) is 0 Å². The molecule has 0 spiro atoms. The molecule has 128 valence electrons. The van der Waals surface area contributed by atoms with Gasteiger partial charge in [0.15, 0.2) is 11.5 Å². The Labute approximate surface area is 137 Å². The van der Waals surface area contributed by atoms with Gasteiger partial charge in [0.05, 0.1) is 20.8 Å². The average Bonchev–Trinajstić information content (AvgIpc) is 2.48. The van der Waals surface area contributed by atoms with E-state index in [0.29, 0.717) is 24.3 Å². The Kier molecular flexibility index (Phi) is 6.88. The molecule has 1 rings (SSSR count). The van der Waals surface area contributed by atoms with Gasteiger partial charge in [0.2, 0.25) is 11.8 Å². The molecular formula is C17H26N2O4. The van der Waals surface area contributed by atoms with E-state index in [0.717, 1.165) is 5.56 Å². The van der Waals surface area contributed by atoms with Crippen LogP contribution in [0.1, 0.15) is 32.8 Å². The molecule has 1 aromatic carbocycles. The molecule has 0 radical (unpaired) electrons. The van der Waals surface area contributed by atoms with E-state index in [-0.39, 0.29) is 23.9 Å². The molecule has 0 fully saturated rings. The predicted octanol–water partition coefficient (Wildman–Crippen LogP) is 1.67. The van der Waals surface area contributed by atoms with Crippen molar-refractivity contribution in [3.05, 3.63) is 23.8 Å². The molecule has 0 atom stereocenters. The van der Waals surface area contributed by atoms with Crippen molar-refractivity contribution in [1.82, 2.24) is 10.6 Å². The first-order chi connectivity index (χ1) is 10.7. The van der Waals surface area contributed by atoms with E-state index in [1.165, 1.54) is 0 Å². The Hall–Kier alpha value is -2.24. The Morgan fingerprint density at radius 3 is 2.26 bits per heavy atom. The largest absolute Gasteiger partial charge is 0.493 e. The van der Waals surface area contributed by atoms with E-state index in [2.05, 4.69) is 10.6 Å². The summed E-state index contributed by atoms with van der Waals surface area (Å²) >= 11 is 0. The number of nitrogens with one attached hydrogen (secondary N) is 2. The summed E-state index contributed by atoms with van der Waals surface area (Å²) in [7, 11) is 3.15. The quantitative estimate of drug-likeness (QED) is 0.800. The first kappa shape index (κ1) is 18.8. The lowest BCUT2D eigenvalue weighted by Crippen LogP contribution is -2.45. The van der Waals surface area contributed by atoms with Crippen LogP contribution in [0.2, 0.25) is 0 Å². The number of carbonyl (C=O) groups excluding carboxylic acids is 2. The SMILES string of the molecule is COc1ccc(CCC(=O)NCC(=O)NC(C)(C)C)cc1OC. The van der Waals surface area contributed by atoms with Gasteiger partial charge in [-0.05, 0) is 44.9 Å². The zero-order valence-corrected chi connectivity index (χ0v) is 14.5. The number of methoxy groups -OCH3 is 2. The highest BCUT2D eigenvalue weighted by molar-refractivity contribution is 5.85. The highest BCUT2D eigenvalue weighted by Crippen LogP contribution is 2.27. The van der Waals surface area contributed by atoms with Crippen molar-refractivity contribution in [2.24, 2.45) is 0 Å². The maximum Gasteiger partial charge on any atom is 0.239 e. The molecule has 0 saturated heterocycles. The van der Waals surface area contributed by atoms with Crippen LogP contribution in [-0.2, 0) is 16.0 Å². The van der Waals surface area contributed by atoms with Crippen LogP contribution in [0.5, 0.6) is 11.5 Å². The second-order valence-electron chi connectivity index (χ2n) is 6.26. The lowest BCUT2D eigenvalue weighted by molar-refractivity contribution is -0.126. The van der Waals surface area contributed by atoms with Crippen LogP contribution in [0.3, 0.4) is 0 Å². The standard InChI is InChI=1S/C17H26N2O4/c1-17(2,3)19-16(21)11-18-15(20)9-7-12-6-8-13(22-4)14(10-12)23-5/h6,8,10H,7,9,11H2,1-5H3,(H,18,20)(H,19,21). The van der Waals surface area contributed by atoms with E-state index in [9.17, 15) is 9.59 Å². The van der Waals surface area contributed by atoms with Gasteiger partial charge in [-0.3, -0.25) is 9.59 Å². The minimum absolute atomic E-state index is 0.0119. The van der Waals surface area contributed by atoms with Gasteiger partial charge in [-0.2, -0.15) is 0 Å². The van der Waals surface area contributed by atoms with E-state index >= 15 is 0 Å². The lowest BCUT2D eigenvalue weighted by atomic mass is 10.1. The van der Waals surface area contributed by atoms with Crippen molar-refractivity contribution < 1.29 is 19.1 Å². The molecule has 1 aromatic rings. The monoisotopic (exact) mass is 322 g/mol. The molecule has 0 bridgehead atoms. The van der Waals surface area contributed by atoms with Crippen LogP contribution in [0.25, 0.3) is 0 Å². The molecule has 6 heteroatoms. The maximum absolute atomic E-state index is 11.8. The van der Waals surface area contributed by atoms with Crippen LogP contribution < -0.4 is 20.1 Å². The van der Waals surface area contributed by atoms with Gasteiger partial charge < -0.3 is 20.1 Å². The summed E-state index contributed by atoms with van der Waals surface area (Å²) in [4.78, 5) is 23.5. The third-order valence-corrected chi connectivity index (χ3v) is 3.05. The van der Waals surface area contributed by atoms with Crippen LogP contribution in [-0.4, -0.2) is 38.1 Å². The summed E-state index contributed by atoms with van der Waals surface area (Å²) in [6, 6.07) is 5.54. The van der Waals surface area contributed by atoms with Crippen LogP contribution in [0.15, 0.2) is 18.2 Å². The summed E-state index contributed by atoms with van der Waals surface area (Å²) in [5.41, 5.74) is 0.665. The average molecular weight is 322 g/mol. The summed E-state index contributed by atoms with van der Waals surface area (Å²) in [6.45, 7) is 5.67. The smallest absolute Gasteiger partial charge is 0.239 e. The second kappa shape index (κ2) is 8.41. The van der Waals surface area contributed by atoms with Crippen molar-refractivity contribution >= 4 is 11.8 Å². The fraction of sp³-hybridized carbons (Fsp3) is 0.529. The molecule has 0 aromatic heterocycles. The Morgan fingerprint density at radius 1 is 1.04 bits per heavy atom. The first-order valence-electron chi connectivity index (χ1n) is 7.54. The number of hydrogen-bond acceptors (Lipinski definition) is 4. The van der Waals surface area contributed by atoms with E-state index in [1.54, 1.807) is 14.2 Å². The molecule has 6 nitrogen and oxygen atoms in total. The summed E-state index contributed by atoms with van der Waals surface area (Å²) in [5, 5.41) is 5.41. The fourth-order valence-corrected chi connectivity index (χ4v) is 2.02. The highest BCUT2D eigenvalue weighted by Gasteiger charge is 2.14. The van der Waals surface area contributed by atoms with Crippen molar-refractivity contribution in [2.75, 3.05) is 20.8 Å². The zero-order valence-electron chi connectivity index (χ0n) is 14.5. The predicted molar refractivity (Wildman–Crippen MR) is 88.8 cm³/mol. The minimum atomic E-state index is -0.304. The molecule has 0 aliphatic carbocycles. The normalized spacial score (nSPS) is 10.8. The number of hydrogen-bond donors (Lipinski definition) is 2. The zero-order chi connectivity index (χ0) is 17.5. The number of carbonyl (C=O) groups is 2. The molecule has 0 saturated carbocycles. The van der Waals surface area contributed by atoms with Gasteiger partial charge in [0, 0.05) is 12.0 Å². The molecule has 0 aliphatic rings. The number of amides is 2. The Balaban J connectivity index is 2.43. The van der Waals surface area contributed by atoms with Crippen LogP contribution >= 0.6 is 0 Å². The highest BCUT2D eigenvalue weighted by atomic mass is 16.5. The third-order valence-electron chi connectivity index (χ3n) is 3.05. The van der Waals surface area contributed by atoms with Crippen molar-refractivity contribution in [2.45, 2.75) is 39.2 Å². The molecule has 0 aliphatic heterocycles. The molecular weight excluding hydrogens is 296 g/mol. The molecule has 0 unspecified atom stereocenters. The molecule has 2 amide bonds. The number of rotatable bonds is 7. The summed E-state index contributed by atoms with van der Waals surface area (Å²) in [5.74, 6) is 0.926. The van der Waals surface area contributed by atoms with Crippen LogP contribution in [0.4, 0.5) is 0 Å². The molecule has 2 N–H and O–H groups in total. The van der Waals surface area contributed by atoms with Gasteiger partial charge in [0.1, 0.15) is 0 Å². The number of benzene rings is 1. The van der Waals surface area contributed by atoms with E-state index < -0.39 is 0 Å². The van der Waals surface area contributed by atoms with Gasteiger partial charge in [-0.15, -0.1) is 0 Å². The number of ether oxygens (including phenoxy) is 2. The Bertz CT molecular complexity index is 550. The fourth-order valence-electron chi connectivity index (χ4n) is 2.02. The van der Waals surface area contributed by atoms with E-state index in [1.807, 2.05) is 39.0 Å². The van der Waals surface area contributed by atoms with E-state index in [4.69, 9.17) is 9.47 Å². The number of aryl methyl sites for hydroxylation is 1. The first-order valence-corrected chi connectivity index (χ1v) is 7.54. The molecule has 23 heavy (non-hydrogen) atoms. The third kappa shape index (κ3) is 7.04. The van der Waals surface area contributed by atoms with Crippen molar-refractivity contribution in [3.8, 4) is 11.5 Å². The van der Waals surface area contributed by atoms with Gasteiger partial charge >= 0.3 is 0 Å². The summed E-state index contributed by atoms with van der Waals surface area (Å²) < 4.78 is 10.4. The van der Waals surface area contributed by atoms with Gasteiger partial charge in [-0.1, -0.05) is 6.07 Å². The van der Waals surface area contributed by atoms with Crippen molar-refractivity contribution in [3.63, 3.8) is 0 Å². The van der Waals surface area contributed by atoms with Gasteiger partial charge in [0.25, 0.3) is 0 Å². The summed E-state index contributed by atoms with van der Waals surface area (Å²) in [6.07, 6.45) is 0.866. The molecule has 0 heterocycles. The topological polar surface area (TPSA) is 76.7 Å². The minimum Gasteiger partial charge on any atom is -0.493 e. The maximum atomic E-state index is 11.8. The Morgan fingerprint density at radius 2 is 1.70 bits per heavy atom.